The fourth-order valence-corrected chi connectivity index (χ4v) is 3.20. The van der Waals surface area contributed by atoms with Crippen LogP contribution in [-0.4, -0.2) is 44.6 Å². The molecule has 0 atom stereocenters. The van der Waals surface area contributed by atoms with Gasteiger partial charge in [0.15, 0.2) is 0 Å². The maximum Gasteiger partial charge on any atom is 0.252 e. The molecule has 0 saturated carbocycles. The number of pyridine rings is 1. The molecule has 0 bridgehead atoms. The summed E-state index contributed by atoms with van der Waals surface area (Å²) in [6.07, 6.45) is 4.09. The number of aromatic nitrogens is 1. The quantitative estimate of drug-likeness (QED) is 0.756. The van der Waals surface area contributed by atoms with Gasteiger partial charge in [-0.05, 0) is 36.4 Å². The average Bonchev–Trinajstić information content (AvgIpc) is 2.59. The molecule has 2 rings (SSSR count). The highest BCUT2D eigenvalue weighted by atomic mass is 32.2. The van der Waals surface area contributed by atoms with Gasteiger partial charge in [-0.15, -0.1) is 0 Å². The number of anilines is 2. The highest BCUT2D eigenvalue weighted by molar-refractivity contribution is 7.92. The summed E-state index contributed by atoms with van der Waals surface area (Å²) in [5.41, 5.74) is 1.41. The van der Waals surface area contributed by atoms with E-state index in [-0.39, 0.29) is 24.9 Å². The number of carbonyl (C=O) groups excluding carboxylic acids is 2. The molecular weight excluding hydrogens is 356 g/mol. The van der Waals surface area contributed by atoms with Gasteiger partial charge in [0.2, 0.25) is 15.9 Å². The molecule has 0 aliphatic carbocycles. The molecule has 0 saturated heterocycles. The maximum absolute atomic E-state index is 12.1. The Morgan fingerprint density at radius 3 is 2.38 bits per heavy atom. The number of nitrogens with one attached hydrogen (secondary N) is 2. The molecule has 1 aromatic heterocycles. The predicted octanol–water partition coefficient (Wildman–Crippen LogP) is 1.24. The molecule has 9 heteroatoms. The molecule has 0 fully saturated rings. The summed E-state index contributed by atoms with van der Waals surface area (Å²) in [7, 11) is -3.53. The van der Waals surface area contributed by atoms with Crippen LogP contribution >= 0.6 is 0 Å². The second-order valence-electron chi connectivity index (χ2n) is 5.56. The van der Waals surface area contributed by atoms with Crippen LogP contribution in [0.3, 0.4) is 0 Å². The van der Waals surface area contributed by atoms with Crippen LogP contribution in [0.25, 0.3) is 0 Å². The SMILES string of the molecule is CC(=O)Nc1ccc(N(CCNC(=O)c2cccnc2)S(C)(=O)=O)cc1. The standard InChI is InChI=1S/C17H20N4O4S/c1-13(22)20-15-5-7-16(8-6-15)21(26(2,24)25)11-10-19-17(23)14-4-3-9-18-12-14/h3-9,12H,10-11H2,1-2H3,(H,19,23)(H,20,22). The number of sulfonamides is 1. The predicted molar refractivity (Wildman–Crippen MR) is 99.5 cm³/mol. The Morgan fingerprint density at radius 2 is 1.85 bits per heavy atom. The number of nitrogens with zero attached hydrogens (tertiary/aromatic N) is 2. The normalized spacial score (nSPS) is 10.8. The van der Waals surface area contributed by atoms with E-state index in [4.69, 9.17) is 0 Å². The number of hydrogen-bond donors (Lipinski definition) is 2. The number of hydrogen-bond acceptors (Lipinski definition) is 5. The van der Waals surface area contributed by atoms with E-state index in [0.29, 0.717) is 16.9 Å². The average molecular weight is 376 g/mol. The Bertz CT molecular complexity index is 867. The van der Waals surface area contributed by atoms with Crippen molar-refractivity contribution in [3.05, 3.63) is 54.4 Å². The lowest BCUT2D eigenvalue weighted by Crippen LogP contribution is -2.38. The van der Waals surface area contributed by atoms with Gasteiger partial charge in [0.25, 0.3) is 5.91 Å². The van der Waals surface area contributed by atoms with Crippen molar-refractivity contribution >= 4 is 33.2 Å². The van der Waals surface area contributed by atoms with Gasteiger partial charge >= 0.3 is 0 Å². The Labute approximate surface area is 152 Å². The van der Waals surface area contributed by atoms with Crippen LogP contribution in [0.2, 0.25) is 0 Å². The largest absolute Gasteiger partial charge is 0.350 e. The summed E-state index contributed by atoms with van der Waals surface area (Å²) in [5.74, 6) is -0.539. The lowest BCUT2D eigenvalue weighted by atomic mass is 10.2. The molecule has 2 aromatic rings. The summed E-state index contributed by atoms with van der Waals surface area (Å²) < 4.78 is 25.3. The van der Waals surface area contributed by atoms with Crippen LogP contribution in [0.4, 0.5) is 11.4 Å². The summed E-state index contributed by atoms with van der Waals surface area (Å²) in [5, 5.41) is 5.28. The third-order valence-electron chi connectivity index (χ3n) is 3.40. The van der Waals surface area contributed by atoms with Crippen LogP contribution in [-0.2, 0) is 14.8 Å². The number of rotatable bonds is 7. The Kier molecular flexibility index (Phi) is 6.29. The highest BCUT2D eigenvalue weighted by Crippen LogP contribution is 2.20. The second-order valence-corrected chi connectivity index (χ2v) is 7.47. The minimum atomic E-state index is -3.53. The van der Waals surface area contributed by atoms with Crippen LogP contribution in [0, 0.1) is 0 Å². The van der Waals surface area contributed by atoms with Crippen molar-refractivity contribution < 1.29 is 18.0 Å². The number of benzene rings is 1. The van der Waals surface area contributed by atoms with Crippen LogP contribution in [0.15, 0.2) is 48.8 Å². The topological polar surface area (TPSA) is 108 Å². The van der Waals surface area contributed by atoms with E-state index >= 15 is 0 Å². The van der Waals surface area contributed by atoms with Crippen molar-refractivity contribution in [2.24, 2.45) is 0 Å². The molecule has 0 aliphatic rings. The molecule has 8 nitrogen and oxygen atoms in total. The maximum atomic E-state index is 12.1. The van der Waals surface area contributed by atoms with Gasteiger partial charge in [-0.1, -0.05) is 0 Å². The molecule has 0 unspecified atom stereocenters. The summed E-state index contributed by atoms with van der Waals surface area (Å²) >= 11 is 0. The van der Waals surface area contributed by atoms with Gasteiger partial charge in [-0.2, -0.15) is 0 Å². The third-order valence-corrected chi connectivity index (χ3v) is 4.59. The highest BCUT2D eigenvalue weighted by Gasteiger charge is 2.17. The van der Waals surface area contributed by atoms with E-state index in [0.717, 1.165) is 6.26 Å². The first-order valence-electron chi connectivity index (χ1n) is 7.81. The van der Waals surface area contributed by atoms with Crippen LogP contribution in [0.5, 0.6) is 0 Å². The first-order chi connectivity index (χ1) is 12.3. The number of carbonyl (C=O) groups is 2. The minimum Gasteiger partial charge on any atom is -0.350 e. The summed E-state index contributed by atoms with van der Waals surface area (Å²) in [4.78, 5) is 26.9. The fraction of sp³-hybridized carbons (Fsp3) is 0.235. The van der Waals surface area contributed by atoms with Crippen molar-refractivity contribution in [3.63, 3.8) is 0 Å². The van der Waals surface area contributed by atoms with Crippen molar-refractivity contribution in [1.29, 1.82) is 0 Å². The first-order valence-corrected chi connectivity index (χ1v) is 9.66. The van der Waals surface area contributed by atoms with Crippen LogP contribution in [0.1, 0.15) is 17.3 Å². The molecule has 2 amide bonds. The fourth-order valence-electron chi connectivity index (χ4n) is 2.27. The van der Waals surface area contributed by atoms with Gasteiger partial charge < -0.3 is 10.6 Å². The third kappa shape index (κ3) is 5.55. The Hall–Kier alpha value is -2.94. The molecule has 0 spiro atoms. The van der Waals surface area contributed by atoms with Crippen molar-refractivity contribution in [1.82, 2.24) is 10.3 Å². The van der Waals surface area contributed by atoms with E-state index < -0.39 is 10.0 Å². The zero-order valence-electron chi connectivity index (χ0n) is 14.5. The van der Waals surface area contributed by atoms with E-state index in [9.17, 15) is 18.0 Å². The van der Waals surface area contributed by atoms with Crippen LogP contribution < -0.4 is 14.9 Å². The van der Waals surface area contributed by atoms with Gasteiger partial charge in [-0.25, -0.2) is 8.42 Å². The van der Waals surface area contributed by atoms with E-state index in [2.05, 4.69) is 15.6 Å². The lowest BCUT2D eigenvalue weighted by Gasteiger charge is -2.22. The Morgan fingerprint density at radius 1 is 1.15 bits per heavy atom. The smallest absolute Gasteiger partial charge is 0.252 e. The minimum absolute atomic E-state index is 0.0737. The van der Waals surface area contributed by atoms with E-state index in [1.54, 1.807) is 42.6 Å². The van der Waals surface area contributed by atoms with Gasteiger partial charge in [0, 0.05) is 31.5 Å². The lowest BCUT2D eigenvalue weighted by molar-refractivity contribution is -0.114. The van der Waals surface area contributed by atoms with Gasteiger partial charge in [0.05, 0.1) is 24.1 Å². The molecule has 0 radical (unpaired) electrons. The zero-order chi connectivity index (χ0) is 19.2. The van der Waals surface area contributed by atoms with E-state index in [1.807, 2.05) is 0 Å². The molecule has 2 N–H and O–H groups in total. The number of amides is 2. The summed E-state index contributed by atoms with van der Waals surface area (Å²) in [6, 6.07) is 9.68. The molecule has 0 aliphatic heterocycles. The molecule has 138 valence electrons. The Balaban J connectivity index is 2.04. The summed E-state index contributed by atoms with van der Waals surface area (Å²) in [6.45, 7) is 1.60. The molecule has 26 heavy (non-hydrogen) atoms. The molecule has 1 aromatic carbocycles. The van der Waals surface area contributed by atoms with Crippen molar-refractivity contribution in [2.45, 2.75) is 6.92 Å². The second kappa shape index (κ2) is 8.43. The molecular formula is C17H20N4O4S. The monoisotopic (exact) mass is 376 g/mol. The van der Waals surface area contributed by atoms with Crippen molar-refractivity contribution in [3.8, 4) is 0 Å². The first kappa shape index (κ1) is 19.4. The van der Waals surface area contributed by atoms with Gasteiger partial charge in [-0.3, -0.25) is 18.9 Å². The van der Waals surface area contributed by atoms with E-state index in [1.165, 1.54) is 17.4 Å². The zero-order valence-corrected chi connectivity index (χ0v) is 15.3. The van der Waals surface area contributed by atoms with Crippen molar-refractivity contribution in [2.75, 3.05) is 29.0 Å². The van der Waals surface area contributed by atoms with Gasteiger partial charge in [0.1, 0.15) is 0 Å². The molecule has 1 heterocycles.